The van der Waals surface area contributed by atoms with Crippen molar-refractivity contribution in [2.24, 2.45) is 5.73 Å². The van der Waals surface area contributed by atoms with Gasteiger partial charge in [0.05, 0.1) is 24.3 Å². The first-order valence-electron chi connectivity index (χ1n) is 7.98. The molecule has 1 aliphatic rings. The Kier molecular flexibility index (Phi) is 4.15. The van der Waals surface area contributed by atoms with E-state index < -0.39 is 11.6 Å². The van der Waals surface area contributed by atoms with Gasteiger partial charge in [-0.25, -0.2) is 14.8 Å². The highest BCUT2D eigenvalue weighted by atomic mass is 16.2. The zero-order chi connectivity index (χ0) is 18.2. The van der Waals surface area contributed by atoms with Crippen molar-refractivity contribution in [3.8, 4) is 11.3 Å². The molecule has 1 aliphatic heterocycles. The van der Waals surface area contributed by atoms with Gasteiger partial charge in [-0.05, 0) is 20.8 Å². The number of hydrogen-bond donors (Lipinski definition) is 2. The molecule has 0 radical (unpaired) electrons. The monoisotopic (exact) mass is 343 g/mol. The van der Waals surface area contributed by atoms with Crippen LogP contribution < -0.4 is 11.1 Å². The molecule has 132 valence electrons. The first-order valence-corrected chi connectivity index (χ1v) is 7.98. The van der Waals surface area contributed by atoms with E-state index in [0.717, 1.165) is 0 Å². The molecule has 3 heterocycles. The molecule has 0 aliphatic carbocycles. The molecule has 0 aromatic carbocycles. The lowest BCUT2D eigenvalue weighted by Crippen LogP contribution is -2.44. The van der Waals surface area contributed by atoms with Crippen molar-refractivity contribution in [1.29, 1.82) is 0 Å². The second-order valence-electron chi connectivity index (χ2n) is 6.98. The largest absolute Gasteiger partial charge is 0.351 e. The fraction of sp³-hybridized carbons (Fsp3) is 0.438. The van der Waals surface area contributed by atoms with Crippen molar-refractivity contribution in [3.63, 3.8) is 0 Å². The minimum Gasteiger partial charge on any atom is -0.351 e. The summed E-state index contributed by atoms with van der Waals surface area (Å²) in [7, 11) is 0. The summed E-state index contributed by atoms with van der Waals surface area (Å²) in [6, 6.07) is -0.515. The molecular weight excluding hydrogens is 322 g/mol. The second kappa shape index (κ2) is 6.15. The summed E-state index contributed by atoms with van der Waals surface area (Å²) in [5.41, 5.74) is 7.23. The first kappa shape index (κ1) is 16.9. The molecule has 0 spiro atoms. The molecule has 0 fully saturated rings. The number of aromatic nitrogens is 4. The molecule has 0 unspecified atom stereocenters. The predicted octanol–water partition coefficient (Wildman–Crippen LogP) is 0.763. The predicted molar refractivity (Wildman–Crippen MR) is 90.5 cm³/mol. The fourth-order valence-corrected chi connectivity index (χ4v) is 2.77. The number of amides is 3. The average Bonchev–Trinajstić information content (AvgIpc) is 2.92. The summed E-state index contributed by atoms with van der Waals surface area (Å²) in [5.74, 6) is -0.251. The third-order valence-corrected chi connectivity index (χ3v) is 3.84. The van der Waals surface area contributed by atoms with Crippen molar-refractivity contribution >= 4 is 11.9 Å². The molecule has 3 N–H and O–H groups in total. The van der Waals surface area contributed by atoms with E-state index in [4.69, 9.17) is 5.73 Å². The molecule has 9 heteroatoms. The van der Waals surface area contributed by atoms with E-state index >= 15 is 0 Å². The van der Waals surface area contributed by atoms with Gasteiger partial charge in [-0.3, -0.25) is 9.48 Å². The second-order valence-corrected chi connectivity index (χ2v) is 6.98. The van der Waals surface area contributed by atoms with Crippen molar-refractivity contribution in [2.75, 3.05) is 6.54 Å². The third-order valence-electron chi connectivity index (χ3n) is 3.84. The van der Waals surface area contributed by atoms with E-state index in [1.165, 1.54) is 11.2 Å². The van der Waals surface area contributed by atoms with Crippen LogP contribution in [0.3, 0.4) is 0 Å². The summed E-state index contributed by atoms with van der Waals surface area (Å²) in [5, 5.41) is 7.52. The number of rotatable bonds is 2. The van der Waals surface area contributed by atoms with E-state index in [1.807, 2.05) is 20.8 Å². The quantitative estimate of drug-likeness (QED) is 0.834. The molecule has 0 saturated carbocycles. The van der Waals surface area contributed by atoms with Crippen LogP contribution in [0, 0.1) is 0 Å². The molecular formula is C16H21N7O2. The van der Waals surface area contributed by atoms with Crippen molar-refractivity contribution in [1.82, 2.24) is 30.0 Å². The van der Waals surface area contributed by atoms with Crippen molar-refractivity contribution < 1.29 is 9.59 Å². The average molecular weight is 343 g/mol. The van der Waals surface area contributed by atoms with Crippen LogP contribution >= 0.6 is 0 Å². The van der Waals surface area contributed by atoms with Crippen LogP contribution in [0.5, 0.6) is 0 Å². The standard InChI is InChI=1S/C16H21N7O2/c1-16(2,3)20-14(24)12-11-8-22(15(17)25)4-5-23(11)21-13(12)10-6-18-9-19-7-10/h6-7,9H,4-5,8H2,1-3H3,(H2,17,25)(H,20,24). The SMILES string of the molecule is CC(C)(C)NC(=O)c1c(-c2cncnc2)nn2c1CN(C(N)=O)CC2. The van der Waals surface area contributed by atoms with Crippen LogP contribution in [0.2, 0.25) is 0 Å². The molecule has 2 aromatic heterocycles. The fourth-order valence-electron chi connectivity index (χ4n) is 2.77. The maximum atomic E-state index is 12.9. The zero-order valence-electron chi connectivity index (χ0n) is 14.5. The van der Waals surface area contributed by atoms with Gasteiger partial charge in [0.25, 0.3) is 5.91 Å². The number of nitrogens with zero attached hydrogens (tertiary/aromatic N) is 5. The zero-order valence-corrected chi connectivity index (χ0v) is 14.5. The van der Waals surface area contributed by atoms with E-state index in [1.54, 1.807) is 17.1 Å². The molecule has 0 saturated heterocycles. The van der Waals surface area contributed by atoms with E-state index in [9.17, 15) is 9.59 Å². The van der Waals surface area contributed by atoms with Gasteiger partial charge >= 0.3 is 6.03 Å². The summed E-state index contributed by atoms with van der Waals surface area (Å²) in [6.07, 6.45) is 4.64. The number of nitrogens with one attached hydrogen (secondary N) is 1. The maximum absolute atomic E-state index is 12.9. The molecule has 2 aromatic rings. The summed E-state index contributed by atoms with van der Waals surface area (Å²) in [6.45, 7) is 6.88. The highest BCUT2D eigenvalue weighted by Gasteiger charge is 2.31. The number of hydrogen-bond acceptors (Lipinski definition) is 5. The van der Waals surface area contributed by atoms with Crippen LogP contribution in [0.15, 0.2) is 18.7 Å². The minimum absolute atomic E-state index is 0.239. The van der Waals surface area contributed by atoms with Gasteiger partial charge in [0.2, 0.25) is 0 Å². The summed E-state index contributed by atoms with van der Waals surface area (Å²) < 4.78 is 1.75. The number of carbonyl (C=O) groups is 2. The van der Waals surface area contributed by atoms with Crippen LogP contribution in [0.25, 0.3) is 11.3 Å². The van der Waals surface area contributed by atoms with Gasteiger partial charge in [0.1, 0.15) is 12.0 Å². The maximum Gasteiger partial charge on any atom is 0.315 e. The third kappa shape index (κ3) is 3.44. The van der Waals surface area contributed by atoms with Crippen LogP contribution in [-0.4, -0.2) is 48.7 Å². The van der Waals surface area contributed by atoms with Gasteiger partial charge in [0.15, 0.2) is 0 Å². The molecule has 0 atom stereocenters. The number of fused-ring (bicyclic) bond motifs is 1. The number of carbonyl (C=O) groups excluding carboxylic acids is 2. The lowest BCUT2D eigenvalue weighted by molar-refractivity contribution is 0.0916. The van der Waals surface area contributed by atoms with Crippen LogP contribution in [-0.2, 0) is 13.1 Å². The lowest BCUT2D eigenvalue weighted by Gasteiger charge is -2.27. The Labute approximate surface area is 145 Å². The van der Waals surface area contributed by atoms with Gasteiger partial charge in [-0.2, -0.15) is 5.10 Å². The smallest absolute Gasteiger partial charge is 0.315 e. The Morgan fingerprint density at radius 3 is 2.48 bits per heavy atom. The van der Waals surface area contributed by atoms with Gasteiger partial charge < -0.3 is 16.0 Å². The Hall–Kier alpha value is -2.97. The number of nitrogens with two attached hydrogens (primary N) is 1. The van der Waals surface area contributed by atoms with Gasteiger partial charge in [-0.1, -0.05) is 0 Å². The van der Waals surface area contributed by atoms with Crippen LogP contribution in [0.1, 0.15) is 36.8 Å². The van der Waals surface area contributed by atoms with E-state index in [0.29, 0.717) is 35.6 Å². The highest BCUT2D eigenvalue weighted by molar-refractivity contribution is 6.01. The summed E-state index contributed by atoms with van der Waals surface area (Å²) in [4.78, 5) is 34.0. The Morgan fingerprint density at radius 2 is 1.88 bits per heavy atom. The highest BCUT2D eigenvalue weighted by Crippen LogP contribution is 2.28. The molecule has 9 nitrogen and oxygen atoms in total. The summed E-state index contributed by atoms with van der Waals surface area (Å²) >= 11 is 0. The van der Waals surface area contributed by atoms with E-state index in [2.05, 4.69) is 20.4 Å². The van der Waals surface area contributed by atoms with Gasteiger partial charge in [0, 0.05) is 30.0 Å². The Balaban J connectivity index is 2.10. The molecule has 3 amide bonds. The number of primary amides is 1. The van der Waals surface area contributed by atoms with Crippen molar-refractivity contribution in [2.45, 2.75) is 39.4 Å². The minimum atomic E-state index is -0.515. The molecule has 25 heavy (non-hydrogen) atoms. The lowest BCUT2D eigenvalue weighted by atomic mass is 10.0. The Bertz CT molecular complexity index is 808. The topological polar surface area (TPSA) is 119 Å². The normalized spacial score (nSPS) is 14.1. The number of urea groups is 1. The Morgan fingerprint density at radius 1 is 1.20 bits per heavy atom. The molecule has 3 rings (SSSR count). The van der Waals surface area contributed by atoms with Gasteiger partial charge in [-0.15, -0.1) is 0 Å². The molecule has 0 bridgehead atoms. The first-order chi connectivity index (χ1) is 11.8. The van der Waals surface area contributed by atoms with Crippen LogP contribution in [0.4, 0.5) is 4.79 Å². The van der Waals surface area contributed by atoms with E-state index in [-0.39, 0.29) is 12.5 Å². The van der Waals surface area contributed by atoms with Crippen molar-refractivity contribution in [3.05, 3.63) is 30.0 Å².